The van der Waals surface area contributed by atoms with E-state index in [-0.39, 0.29) is 35.8 Å². The zero-order valence-corrected chi connectivity index (χ0v) is 19.8. The van der Waals surface area contributed by atoms with Crippen molar-refractivity contribution in [2.75, 3.05) is 13.1 Å². The highest BCUT2D eigenvalue weighted by molar-refractivity contribution is 5.95. The molecule has 1 amide bonds. The lowest BCUT2D eigenvalue weighted by Gasteiger charge is -2.47. The molecule has 34 heavy (non-hydrogen) atoms. The van der Waals surface area contributed by atoms with Crippen molar-refractivity contribution in [1.82, 2.24) is 14.0 Å². The molecule has 7 nitrogen and oxygen atoms in total. The number of hydrogen-bond acceptors (Lipinski definition) is 3. The average molecular weight is 462 g/mol. The van der Waals surface area contributed by atoms with E-state index in [2.05, 4.69) is 22.8 Å². The first kappa shape index (κ1) is 23.5. The second-order valence-electron chi connectivity index (χ2n) is 9.27. The Morgan fingerprint density at radius 2 is 1.79 bits per heavy atom. The second kappa shape index (κ2) is 9.71. The molecule has 2 bridgehead atoms. The quantitative estimate of drug-likeness (QED) is 0.605. The average Bonchev–Trinajstić information content (AvgIpc) is 3.09. The molecule has 7 heteroatoms. The summed E-state index contributed by atoms with van der Waals surface area (Å²) in [6.45, 7) is 5.16. The molecule has 3 atom stereocenters. The van der Waals surface area contributed by atoms with Crippen LogP contribution in [0.3, 0.4) is 0 Å². The van der Waals surface area contributed by atoms with Crippen LogP contribution < -0.4 is 5.56 Å². The Labute approximate surface area is 199 Å². The Hall–Kier alpha value is -3.61. The van der Waals surface area contributed by atoms with Crippen LogP contribution in [0.25, 0.3) is 0 Å². The maximum absolute atomic E-state index is 13.5. The number of hydrogen-bond donors (Lipinski definition) is 1. The summed E-state index contributed by atoms with van der Waals surface area (Å²) in [7, 11) is 2.00. The summed E-state index contributed by atoms with van der Waals surface area (Å²) in [4.78, 5) is 36.8. The zero-order valence-electron chi connectivity index (χ0n) is 19.8. The Bertz CT molecular complexity index is 1240. The zero-order chi connectivity index (χ0) is 24.4. The van der Waals surface area contributed by atoms with E-state index in [9.17, 15) is 9.59 Å². The first-order valence-electron chi connectivity index (χ1n) is 11.6. The van der Waals surface area contributed by atoms with E-state index in [1.54, 1.807) is 6.07 Å². The van der Waals surface area contributed by atoms with Crippen molar-refractivity contribution in [2.45, 2.75) is 38.6 Å². The van der Waals surface area contributed by atoms with Crippen LogP contribution in [0.4, 0.5) is 0 Å². The molecule has 2 aliphatic heterocycles. The largest absolute Gasteiger partial charge is 0.483 e. The molecule has 3 aromatic rings. The van der Waals surface area contributed by atoms with Gasteiger partial charge < -0.3 is 19.1 Å². The Morgan fingerprint density at radius 3 is 2.44 bits per heavy atom. The summed E-state index contributed by atoms with van der Waals surface area (Å²) in [5, 5.41) is 6.89. The number of aryl methyl sites for hydroxylation is 1. The molecule has 0 saturated carbocycles. The number of rotatable bonds is 3. The fourth-order valence-electron chi connectivity index (χ4n) is 5.57. The lowest BCUT2D eigenvalue weighted by atomic mass is 9.76. The predicted octanol–water partition coefficient (Wildman–Crippen LogP) is 3.55. The summed E-state index contributed by atoms with van der Waals surface area (Å²) in [6, 6.07) is 18.0. The second-order valence-corrected chi connectivity index (χ2v) is 9.27. The minimum absolute atomic E-state index is 0.0663. The number of piperidine rings is 1. The third-order valence-electron chi connectivity index (χ3n) is 7.38. The van der Waals surface area contributed by atoms with Gasteiger partial charge in [-0.3, -0.25) is 14.4 Å². The van der Waals surface area contributed by atoms with Crippen LogP contribution in [-0.2, 0) is 18.3 Å². The molecule has 2 aromatic heterocycles. The van der Waals surface area contributed by atoms with Crippen LogP contribution in [-0.4, -0.2) is 44.6 Å². The van der Waals surface area contributed by atoms with Crippen molar-refractivity contribution < 1.29 is 14.7 Å². The third-order valence-corrected chi connectivity index (χ3v) is 7.38. The smallest absolute Gasteiger partial charge is 0.290 e. The molecule has 5 rings (SSSR count). The summed E-state index contributed by atoms with van der Waals surface area (Å²) < 4.78 is 4.09. The number of amides is 1. The maximum atomic E-state index is 13.5. The monoisotopic (exact) mass is 461 g/mol. The van der Waals surface area contributed by atoms with Crippen molar-refractivity contribution >= 4 is 12.4 Å². The lowest BCUT2D eigenvalue weighted by molar-refractivity contribution is -0.122. The molecule has 0 unspecified atom stereocenters. The van der Waals surface area contributed by atoms with E-state index in [1.807, 2.05) is 60.7 Å². The van der Waals surface area contributed by atoms with Gasteiger partial charge in [0.1, 0.15) is 0 Å². The Kier molecular flexibility index (Phi) is 6.72. The minimum Gasteiger partial charge on any atom is -0.483 e. The van der Waals surface area contributed by atoms with E-state index < -0.39 is 0 Å². The van der Waals surface area contributed by atoms with Crippen LogP contribution in [0.5, 0.6) is 0 Å². The molecule has 1 aromatic carbocycles. The molecule has 2 aliphatic rings. The molecule has 0 spiro atoms. The summed E-state index contributed by atoms with van der Waals surface area (Å²) in [6.07, 6.45) is 1.83. The van der Waals surface area contributed by atoms with Gasteiger partial charge in [-0.15, -0.1) is 0 Å². The molecule has 1 N–H and O–H groups in total. The van der Waals surface area contributed by atoms with Gasteiger partial charge in [-0.05, 0) is 50.3 Å². The topological polar surface area (TPSA) is 84.5 Å². The molecule has 0 radical (unpaired) electrons. The van der Waals surface area contributed by atoms with E-state index in [4.69, 9.17) is 9.90 Å². The number of pyridine rings is 1. The molecular weight excluding hydrogens is 430 g/mol. The van der Waals surface area contributed by atoms with Gasteiger partial charge in [0.25, 0.3) is 17.9 Å². The molecule has 178 valence electrons. The number of nitrogens with zero attached hydrogens (tertiary/aromatic N) is 3. The highest BCUT2D eigenvalue weighted by Gasteiger charge is 2.42. The number of aromatic nitrogens is 2. The first-order chi connectivity index (χ1) is 16.3. The van der Waals surface area contributed by atoms with Gasteiger partial charge in [-0.1, -0.05) is 36.4 Å². The predicted molar refractivity (Wildman–Crippen MR) is 130 cm³/mol. The fourth-order valence-corrected chi connectivity index (χ4v) is 5.57. The van der Waals surface area contributed by atoms with Crippen molar-refractivity contribution in [3.05, 3.63) is 93.2 Å². The standard InChI is InChI=1S/C26H29N3O2.CH2O2/c1-17-12-22(18(2)27(17)3)26(31)28-15-20-14-21(16-28)24(13-19-8-5-4-6-9-19)29-23(20)10-7-11-25(29)30;2-1-3/h4-12,20-21,24H,13-16H2,1-3H3;1H,(H,2,3)/t20-,21+,24+;/m1./s1. The summed E-state index contributed by atoms with van der Waals surface area (Å²) >= 11 is 0. The maximum Gasteiger partial charge on any atom is 0.290 e. The van der Waals surface area contributed by atoms with E-state index >= 15 is 0 Å². The molecular formula is C27H31N3O4. The normalized spacial score (nSPS) is 20.7. The van der Waals surface area contributed by atoms with Crippen molar-refractivity contribution in [3.63, 3.8) is 0 Å². The number of carbonyl (C=O) groups excluding carboxylic acids is 1. The summed E-state index contributed by atoms with van der Waals surface area (Å²) in [5.41, 5.74) is 5.27. The van der Waals surface area contributed by atoms with Gasteiger partial charge in [0.2, 0.25) is 0 Å². The van der Waals surface area contributed by atoms with Crippen LogP contribution >= 0.6 is 0 Å². The third kappa shape index (κ3) is 4.30. The van der Waals surface area contributed by atoms with E-state index in [1.165, 1.54) is 5.56 Å². The van der Waals surface area contributed by atoms with Gasteiger partial charge in [-0.25, -0.2) is 0 Å². The number of carbonyl (C=O) groups is 2. The van der Waals surface area contributed by atoms with Gasteiger partial charge >= 0.3 is 0 Å². The van der Waals surface area contributed by atoms with Crippen molar-refractivity contribution in [1.29, 1.82) is 0 Å². The Balaban J connectivity index is 0.000000868. The van der Waals surface area contributed by atoms with E-state index in [0.29, 0.717) is 13.1 Å². The number of fused-ring (bicyclic) bond motifs is 4. The highest BCUT2D eigenvalue weighted by Crippen LogP contribution is 2.42. The van der Waals surface area contributed by atoms with E-state index in [0.717, 1.165) is 35.5 Å². The summed E-state index contributed by atoms with van der Waals surface area (Å²) in [5.74, 6) is 0.579. The SMILES string of the molecule is Cc1cc(C(=O)N2C[C@H]3C[C@@H](C2)[C@H](Cc2ccccc2)n2c3cccc2=O)c(C)n1C.O=CO. The van der Waals surface area contributed by atoms with Crippen LogP contribution in [0, 0.1) is 19.8 Å². The van der Waals surface area contributed by atoms with Crippen molar-refractivity contribution in [2.24, 2.45) is 13.0 Å². The number of benzene rings is 1. The number of likely N-dealkylation sites (tertiary alicyclic amines) is 1. The van der Waals surface area contributed by atoms with Gasteiger partial charge in [0, 0.05) is 55.2 Å². The number of carboxylic acid groups (broad SMARTS) is 1. The first-order valence-corrected chi connectivity index (χ1v) is 11.6. The Morgan fingerprint density at radius 1 is 1.09 bits per heavy atom. The molecule has 1 fully saturated rings. The molecule has 4 heterocycles. The van der Waals surface area contributed by atoms with Crippen LogP contribution in [0.15, 0.2) is 59.4 Å². The van der Waals surface area contributed by atoms with Gasteiger partial charge in [0.15, 0.2) is 0 Å². The van der Waals surface area contributed by atoms with Crippen LogP contribution in [0.1, 0.15) is 51.4 Å². The minimum atomic E-state index is -0.250. The van der Waals surface area contributed by atoms with Crippen molar-refractivity contribution in [3.8, 4) is 0 Å². The van der Waals surface area contributed by atoms with Gasteiger partial charge in [-0.2, -0.15) is 0 Å². The van der Waals surface area contributed by atoms with Gasteiger partial charge in [0.05, 0.1) is 5.56 Å². The molecule has 1 saturated heterocycles. The molecule has 0 aliphatic carbocycles. The lowest BCUT2D eigenvalue weighted by Crippen LogP contribution is -2.51. The fraction of sp³-hybridized carbons (Fsp3) is 0.370. The van der Waals surface area contributed by atoms with Crippen LogP contribution in [0.2, 0.25) is 0 Å². The highest BCUT2D eigenvalue weighted by atomic mass is 16.3.